The maximum Gasteiger partial charge on any atom is 0.226 e. The molecule has 1 aliphatic heterocycles. The van der Waals surface area contributed by atoms with Crippen LogP contribution in [0.3, 0.4) is 0 Å². The average Bonchev–Trinajstić information content (AvgIpc) is 3.11. The molecule has 2 aliphatic rings. The Hall–Kier alpha value is -1.95. The topological polar surface area (TPSA) is 80.0 Å². The molecule has 2 fully saturated rings. The lowest BCUT2D eigenvalue weighted by atomic mass is 10.0. The van der Waals surface area contributed by atoms with Crippen LogP contribution in [0.1, 0.15) is 50.1 Å². The van der Waals surface area contributed by atoms with Gasteiger partial charge in [-0.2, -0.15) is 9.97 Å². The number of anilines is 2. The van der Waals surface area contributed by atoms with Crippen molar-refractivity contribution in [3.63, 3.8) is 0 Å². The minimum absolute atomic E-state index is 0.413. The number of nitrogen functional groups attached to an aromatic ring is 1. The largest absolute Gasteiger partial charge is 0.383 e. The molecule has 1 saturated heterocycles. The Morgan fingerprint density at radius 2 is 1.79 bits per heavy atom. The third-order valence-corrected chi connectivity index (χ3v) is 5.44. The monoisotopic (exact) mass is 326 g/mol. The zero-order valence-corrected chi connectivity index (χ0v) is 14.3. The molecule has 2 aromatic rings. The highest BCUT2D eigenvalue weighted by Crippen LogP contribution is 2.34. The summed E-state index contributed by atoms with van der Waals surface area (Å²) in [5.74, 6) is 1.71. The lowest BCUT2D eigenvalue weighted by Gasteiger charge is -2.29. The Morgan fingerprint density at radius 3 is 2.54 bits per heavy atom. The van der Waals surface area contributed by atoms with E-state index in [2.05, 4.69) is 33.3 Å². The summed E-state index contributed by atoms with van der Waals surface area (Å²) in [5, 5.41) is 4.31. The van der Waals surface area contributed by atoms with Crippen LogP contribution >= 0.6 is 0 Å². The highest BCUT2D eigenvalue weighted by Gasteiger charge is 2.20. The van der Waals surface area contributed by atoms with Gasteiger partial charge in [0.05, 0.1) is 5.39 Å². The van der Waals surface area contributed by atoms with Crippen molar-refractivity contribution in [2.45, 2.75) is 50.5 Å². The number of nitrogens with two attached hydrogens (primary N) is 1. The van der Waals surface area contributed by atoms with Gasteiger partial charge in [-0.05, 0) is 58.0 Å². The van der Waals surface area contributed by atoms with Crippen molar-refractivity contribution < 1.29 is 0 Å². The molecule has 0 spiro atoms. The minimum atomic E-state index is 0.413. The molecule has 24 heavy (non-hydrogen) atoms. The normalized spacial score (nSPS) is 20.7. The summed E-state index contributed by atoms with van der Waals surface area (Å²) in [4.78, 5) is 16.3. The highest BCUT2D eigenvalue weighted by atomic mass is 15.2. The van der Waals surface area contributed by atoms with Crippen LogP contribution in [0.4, 0.5) is 11.8 Å². The lowest BCUT2D eigenvalue weighted by molar-refractivity contribution is 0.263. The third-order valence-electron chi connectivity index (χ3n) is 5.44. The van der Waals surface area contributed by atoms with Crippen molar-refractivity contribution in [3.05, 3.63) is 17.8 Å². The van der Waals surface area contributed by atoms with Gasteiger partial charge in [-0.25, -0.2) is 4.98 Å². The Morgan fingerprint density at radius 1 is 1.04 bits per heavy atom. The number of aromatic nitrogens is 3. The first-order chi connectivity index (χ1) is 11.7. The van der Waals surface area contributed by atoms with Crippen LogP contribution in [-0.2, 0) is 0 Å². The summed E-state index contributed by atoms with van der Waals surface area (Å²) in [6, 6.07) is 4.54. The van der Waals surface area contributed by atoms with Crippen molar-refractivity contribution >= 4 is 22.8 Å². The molecular weight excluding hydrogens is 300 g/mol. The number of hydrogen-bond acceptors (Lipinski definition) is 6. The molecule has 128 valence electrons. The van der Waals surface area contributed by atoms with E-state index >= 15 is 0 Å². The van der Waals surface area contributed by atoms with Crippen molar-refractivity contribution in [2.24, 2.45) is 0 Å². The van der Waals surface area contributed by atoms with Gasteiger partial charge in [-0.1, -0.05) is 12.8 Å². The van der Waals surface area contributed by atoms with E-state index in [1.165, 1.54) is 25.7 Å². The first kappa shape index (κ1) is 15.6. The number of fused-ring (bicyclic) bond motifs is 1. The van der Waals surface area contributed by atoms with E-state index in [1.807, 2.05) is 6.07 Å². The molecule has 6 nitrogen and oxygen atoms in total. The second-order valence-corrected chi connectivity index (χ2v) is 7.24. The van der Waals surface area contributed by atoms with Crippen molar-refractivity contribution in [3.8, 4) is 0 Å². The van der Waals surface area contributed by atoms with E-state index in [9.17, 15) is 0 Å². The number of pyridine rings is 1. The molecule has 0 bridgehead atoms. The lowest BCUT2D eigenvalue weighted by Crippen LogP contribution is -2.37. The molecule has 0 unspecified atom stereocenters. The molecule has 1 aliphatic carbocycles. The molecule has 0 amide bonds. The zero-order chi connectivity index (χ0) is 16.5. The summed E-state index contributed by atoms with van der Waals surface area (Å²) in [6.07, 6.45) is 7.29. The first-order valence-corrected chi connectivity index (χ1v) is 9.08. The summed E-state index contributed by atoms with van der Waals surface area (Å²) in [7, 11) is 2.16. The van der Waals surface area contributed by atoms with Crippen LogP contribution in [0.5, 0.6) is 0 Å². The number of nitrogens with one attached hydrogen (secondary N) is 1. The van der Waals surface area contributed by atoms with E-state index in [4.69, 9.17) is 10.7 Å². The number of nitrogens with zero attached hydrogens (tertiary/aromatic N) is 4. The van der Waals surface area contributed by atoms with Crippen LogP contribution in [0, 0.1) is 0 Å². The van der Waals surface area contributed by atoms with Gasteiger partial charge in [-0.15, -0.1) is 0 Å². The molecular formula is C18H26N6. The number of hydrogen-bond donors (Lipinski definition) is 2. The molecule has 0 atom stereocenters. The second kappa shape index (κ2) is 6.51. The summed E-state index contributed by atoms with van der Waals surface area (Å²) >= 11 is 0. The van der Waals surface area contributed by atoms with Gasteiger partial charge in [0.1, 0.15) is 5.82 Å². The van der Waals surface area contributed by atoms with Crippen molar-refractivity contribution in [1.82, 2.24) is 19.9 Å². The molecule has 6 heteroatoms. The Bertz CT molecular complexity index is 717. The Balaban J connectivity index is 1.59. The molecule has 2 aromatic heterocycles. The molecule has 3 N–H and O–H groups in total. The maximum absolute atomic E-state index is 6.15. The third kappa shape index (κ3) is 3.15. The average molecular weight is 326 g/mol. The quantitative estimate of drug-likeness (QED) is 0.903. The van der Waals surface area contributed by atoms with Gasteiger partial charge >= 0.3 is 0 Å². The summed E-state index contributed by atoms with van der Waals surface area (Å²) in [6.45, 7) is 2.20. The van der Waals surface area contributed by atoms with Crippen LogP contribution in [0.25, 0.3) is 11.0 Å². The van der Waals surface area contributed by atoms with Crippen LogP contribution in [0.2, 0.25) is 0 Å². The Kier molecular flexibility index (Phi) is 4.22. The van der Waals surface area contributed by atoms with Gasteiger partial charge in [0.2, 0.25) is 5.95 Å². The number of likely N-dealkylation sites (tertiary alicyclic amines) is 1. The molecule has 4 rings (SSSR count). The SMILES string of the molecule is CN1CCC(Nc2nc(N)c3ccc(C4CCCC4)nc3n2)CC1. The fourth-order valence-corrected chi connectivity index (χ4v) is 3.90. The maximum atomic E-state index is 6.15. The summed E-state index contributed by atoms with van der Waals surface area (Å²) in [5.41, 5.74) is 8.03. The van der Waals surface area contributed by atoms with Crippen LogP contribution in [0.15, 0.2) is 12.1 Å². The summed E-state index contributed by atoms with van der Waals surface area (Å²) < 4.78 is 0. The number of piperidine rings is 1. The van der Waals surface area contributed by atoms with E-state index < -0.39 is 0 Å². The van der Waals surface area contributed by atoms with E-state index in [-0.39, 0.29) is 0 Å². The standard InChI is InChI=1S/C18H26N6/c1-24-10-8-13(9-11-24)20-18-22-16(19)14-6-7-15(21-17(14)23-18)12-4-2-3-5-12/h6-7,12-13H,2-5,8-11H2,1H3,(H3,19,20,21,22,23). The number of rotatable bonds is 3. The zero-order valence-electron chi connectivity index (χ0n) is 14.3. The molecule has 0 aromatic carbocycles. The molecule has 0 radical (unpaired) electrons. The smallest absolute Gasteiger partial charge is 0.226 e. The highest BCUT2D eigenvalue weighted by molar-refractivity contribution is 5.86. The van der Waals surface area contributed by atoms with Crippen LogP contribution in [-0.4, -0.2) is 46.0 Å². The fourth-order valence-electron chi connectivity index (χ4n) is 3.90. The van der Waals surface area contributed by atoms with E-state index in [0.29, 0.717) is 23.7 Å². The van der Waals surface area contributed by atoms with Crippen molar-refractivity contribution in [1.29, 1.82) is 0 Å². The first-order valence-electron chi connectivity index (χ1n) is 9.08. The van der Waals surface area contributed by atoms with E-state index in [0.717, 1.165) is 42.7 Å². The van der Waals surface area contributed by atoms with Gasteiger partial charge in [-0.3, -0.25) is 0 Å². The fraction of sp³-hybridized carbons (Fsp3) is 0.611. The van der Waals surface area contributed by atoms with Crippen LogP contribution < -0.4 is 11.1 Å². The Labute approximate surface area is 142 Å². The molecule has 1 saturated carbocycles. The van der Waals surface area contributed by atoms with Gasteiger partial charge in [0.15, 0.2) is 5.65 Å². The van der Waals surface area contributed by atoms with Gasteiger partial charge in [0, 0.05) is 17.7 Å². The minimum Gasteiger partial charge on any atom is -0.383 e. The predicted octanol–water partition coefficient (Wildman–Crippen LogP) is 2.77. The second-order valence-electron chi connectivity index (χ2n) is 7.24. The van der Waals surface area contributed by atoms with E-state index in [1.54, 1.807) is 0 Å². The van der Waals surface area contributed by atoms with Gasteiger partial charge < -0.3 is 16.0 Å². The predicted molar refractivity (Wildman–Crippen MR) is 97.1 cm³/mol. The van der Waals surface area contributed by atoms with Crippen molar-refractivity contribution in [2.75, 3.05) is 31.2 Å². The molecule has 3 heterocycles. The van der Waals surface area contributed by atoms with Gasteiger partial charge in [0.25, 0.3) is 0 Å².